The lowest BCUT2D eigenvalue weighted by molar-refractivity contribution is -0.0185. The van der Waals surface area contributed by atoms with E-state index < -0.39 is 0 Å². The van der Waals surface area contributed by atoms with Crippen LogP contribution in [0.1, 0.15) is 32.1 Å². The van der Waals surface area contributed by atoms with Gasteiger partial charge in [-0.15, -0.1) is 0 Å². The molecule has 1 atom stereocenters. The molecule has 1 saturated heterocycles. The minimum Gasteiger partial charge on any atom is -0.374 e. The molecule has 0 radical (unpaired) electrons. The highest BCUT2D eigenvalue weighted by Gasteiger charge is 2.18. The number of hydrogen-bond donors (Lipinski definition) is 1. The molecular weight excluding hydrogens is 200 g/mol. The highest BCUT2D eigenvalue weighted by Crippen LogP contribution is 2.22. The molecule has 94 valence electrons. The summed E-state index contributed by atoms with van der Waals surface area (Å²) < 4.78 is 5.73. The fourth-order valence-electron chi connectivity index (χ4n) is 2.83. The van der Waals surface area contributed by atoms with Crippen LogP contribution in [0.4, 0.5) is 0 Å². The highest BCUT2D eigenvalue weighted by molar-refractivity contribution is 4.73. The van der Waals surface area contributed by atoms with Crippen LogP contribution in [-0.2, 0) is 4.74 Å². The predicted molar refractivity (Wildman–Crippen MR) is 66.7 cm³/mol. The Kier molecular flexibility index (Phi) is 5.07. The molecule has 0 spiro atoms. The molecule has 0 aromatic heterocycles. The van der Waals surface area contributed by atoms with Crippen LogP contribution in [0.15, 0.2) is 0 Å². The Morgan fingerprint density at radius 2 is 2.00 bits per heavy atom. The Balaban J connectivity index is 1.56. The van der Waals surface area contributed by atoms with Gasteiger partial charge in [-0.1, -0.05) is 19.3 Å². The summed E-state index contributed by atoms with van der Waals surface area (Å²) in [5.41, 5.74) is 0. The van der Waals surface area contributed by atoms with Crippen molar-refractivity contribution in [2.75, 3.05) is 39.8 Å². The first-order valence-electron chi connectivity index (χ1n) is 6.85. The van der Waals surface area contributed by atoms with Gasteiger partial charge in [-0.2, -0.15) is 0 Å². The molecule has 1 saturated carbocycles. The number of hydrogen-bond acceptors (Lipinski definition) is 3. The summed E-state index contributed by atoms with van der Waals surface area (Å²) in [4.78, 5) is 2.36. The van der Waals surface area contributed by atoms with E-state index in [1.165, 1.54) is 38.6 Å². The Bertz CT molecular complexity index is 192. The van der Waals surface area contributed by atoms with E-state index in [9.17, 15) is 0 Å². The number of likely N-dealkylation sites (N-methyl/N-ethyl adjacent to an activating group) is 1. The zero-order valence-corrected chi connectivity index (χ0v) is 10.6. The summed E-state index contributed by atoms with van der Waals surface area (Å²) in [7, 11) is 2.18. The van der Waals surface area contributed by atoms with Gasteiger partial charge in [0.15, 0.2) is 0 Å². The Labute approximate surface area is 99.5 Å². The molecular formula is C13H26N2O. The standard InChI is InChI=1S/C13H26N2O/c1-15-7-8-16-13(11-15)10-14-9-12-5-3-2-4-6-12/h12-14H,2-11H2,1H3. The molecule has 3 heteroatoms. The quantitative estimate of drug-likeness (QED) is 0.786. The van der Waals surface area contributed by atoms with Crippen LogP contribution in [0, 0.1) is 5.92 Å². The molecule has 2 aliphatic rings. The van der Waals surface area contributed by atoms with Crippen LogP contribution in [0.2, 0.25) is 0 Å². The molecule has 1 aliphatic heterocycles. The Morgan fingerprint density at radius 1 is 1.19 bits per heavy atom. The third-order valence-corrected chi connectivity index (χ3v) is 3.87. The van der Waals surface area contributed by atoms with Gasteiger partial charge in [0.2, 0.25) is 0 Å². The topological polar surface area (TPSA) is 24.5 Å². The second kappa shape index (κ2) is 6.58. The van der Waals surface area contributed by atoms with E-state index in [1.54, 1.807) is 0 Å². The third-order valence-electron chi connectivity index (χ3n) is 3.87. The lowest BCUT2D eigenvalue weighted by Crippen LogP contribution is -2.45. The van der Waals surface area contributed by atoms with Crippen molar-refractivity contribution in [3.05, 3.63) is 0 Å². The second-order valence-electron chi connectivity index (χ2n) is 5.42. The summed E-state index contributed by atoms with van der Waals surface area (Å²) in [5, 5.41) is 3.59. The van der Waals surface area contributed by atoms with Crippen molar-refractivity contribution in [3.63, 3.8) is 0 Å². The van der Waals surface area contributed by atoms with E-state index in [1.807, 2.05) is 0 Å². The van der Waals surface area contributed by atoms with Crippen molar-refractivity contribution in [3.8, 4) is 0 Å². The summed E-state index contributed by atoms with van der Waals surface area (Å²) >= 11 is 0. The van der Waals surface area contributed by atoms with Crippen molar-refractivity contribution in [2.24, 2.45) is 5.92 Å². The van der Waals surface area contributed by atoms with Gasteiger partial charge in [0.25, 0.3) is 0 Å². The zero-order valence-electron chi connectivity index (χ0n) is 10.6. The van der Waals surface area contributed by atoms with Gasteiger partial charge in [0.05, 0.1) is 12.7 Å². The van der Waals surface area contributed by atoms with Gasteiger partial charge in [-0.25, -0.2) is 0 Å². The minimum absolute atomic E-state index is 0.405. The van der Waals surface area contributed by atoms with Crippen LogP contribution in [0.25, 0.3) is 0 Å². The number of nitrogens with zero attached hydrogens (tertiary/aromatic N) is 1. The lowest BCUT2D eigenvalue weighted by Gasteiger charge is -2.31. The summed E-state index contributed by atoms with van der Waals surface area (Å²) in [6, 6.07) is 0. The van der Waals surface area contributed by atoms with Gasteiger partial charge < -0.3 is 15.0 Å². The molecule has 16 heavy (non-hydrogen) atoms. The van der Waals surface area contributed by atoms with Crippen molar-refractivity contribution in [1.82, 2.24) is 10.2 Å². The third kappa shape index (κ3) is 4.04. The Hall–Kier alpha value is -0.120. The first-order valence-corrected chi connectivity index (χ1v) is 6.85. The molecule has 2 fully saturated rings. The van der Waals surface area contributed by atoms with Crippen molar-refractivity contribution in [2.45, 2.75) is 38.2 Å². The van der Waals surface area contributed by atoms with Gasteiger partial charge in [-0.05, 0) is 32.4 Å². The predicted octanol–water partition coefficient (Wildman–Crippen LogP) is 1.49. The molecule has 2 rings (SSSR count). The smallest absolute Gasteiger partial charge is 0.0826 e. The van der Waals surface area contributed by atoms with E-state index >= 15 is 0 Å². The van der Waals surface area contributed by atoms with E-state index in [2.05, 4.69) is 17.3 Å². The van der Waals surface area contributed by atoms with Crippen molar-refractivity contribution >= 4 is 0 Å². The van der Waals surface area contributed by atoms with Gasteiger partial charge in [0, 0.05) is 19.6 Å². The maximum absolute atomic E-state index is 5.73. The molecule has 0 bridgehead atoms. The molecule has 0 aromatic carbocycles. The molecule has 1 unspecified atom stereocenters. The van der Waals surface area contributed by atoms with Crippen molar-refractivity contribution in [1.29, 1.82) is 0 Å². The zero-order chi connectivity index (χ0) is 11.2. The number of rotatable bonds is 4. The maximum atomic E-state index is 5.73. The highest BCUT2D eigenvalue weighted by atomic mass is 16.5. The first-order chi connectivity index (χ1) is 7.84. The summed E-state index contributed by atoms with van der Waals surface area (Å²) in [6.45, 7) is 5.29. The molecule has 0 amide bonds. The molecule has 3 nitrogen and oxygen atoms in total. The van der Waals surface area contributed by atoms with E-state index in [0.29, 0.717) is 6.10 Å². The van der Waals surface area contributed by atoms with E-state index in [-0.39, 0.29) is 0 Å². The second-order valence-corrected chi connectivity index (χ2v) is 5.42. The SMILES string of the molecule is CN1CCOC(CNCC2CCCCC2)C1. The average Bonchev–Trinajstić information content (AvgIpc) is 2.30. The van der Waals surface area contributed by atoms with Gasteiger partial charge in [-0.3, -0.25) is 0 Å². The van der Waals surface area contributed by atoms with Crippen LogP contribution in [0.5, 0.6) is 0 Å². The molecule has 0 aromatic rings. The lowest BCUT2D eigenvalue weighted by atomic mass is 9.89. The average molecular weight is 226 g/mol. The van der Waals surface area contributed by atoms with Crippen LogP contribution >= 0.6 is 0 Å². The maximum Gasteiger partial charge on any atom is 0.0826 e. The molecule has 1 N–H and O–H groups in total. The summed E-state index contributed by atoms with van der Waals surface area (Å²) in [5.74, 6) is 0.926. The number of nitrogens with one attached hydrogen (secondary N) is 1. The fraction of sp³-hybridized carbons (Fsp3) is 1.00. The normalized spacial score (nSPS) is 29.4. The van der Waals surface area contributed by atoms with Crippen LogP contribution in [0.3, 0.4) is 0 Å². The minimum atomic E-state index is 0.405. The van der Waals surface area contributed by atoms with Gasteiger partial charge >= 0.3 is 0 Å². The number of ether oxygens (including phenoxy) is 1. The van der Waals surface area contributed by atoms with E-state index in [0.717, 1.165) is 32.2 Å². The fourth-order valence-corrected chi connectivity index (χ4v) is 2.83. The Morgan fingerprint density at radius 3 is 2.75 bits per heavy atom. The van der Waals surface area contributed by atoms with E-state index in [4.69, 9.17) is 4.74 Å². The van der Waals surface area contributed by atoms with Gasteiger partial charge in [0.1, 0.15) is 0 Å². The first kappa shape index (κ1) is 12.3. The van der Waals surface area contributed by atoms with Crippen LogP contribution in [-0.4, -0.2) is 50.8 Å². The number of morpholine rings is 1. The summed E-state index contributed by atoms with van der Waals surface area (Å²) in [6.07, 6.45) is 7.59. The molecule has 1 heterocycles. The largest absolute Gasteiger partial charge is 0.374 e. The monoisotopic (exact) mass is 226 g/mol. The van der Waals surface area contributed by atoms with Crippen LogP contribution < -0.4 is 5.32 Å². The van der Waals surface area contributed by atoms with Crippen molar-refractivity contribution < 1.29 is 4.74 Å². The molecule has 1 aliphatic carbocycles.